The Balaban J connectivity index is 2.30. The average Bonchev–Trinajstić information content (AvgIpc) is 2.32. The summed E-state index contributed by atoms with van der Waals surface area (Å²) in [6.45, 7) is 0. The lowest BCUT2D eigenvalue weighted by molar-refractivity contribution is -0.477. The maximum atomic E-state index is 11.1. The smallest absolute Gasteiger partial charge is 0.306 e. The number of hydrogen-bond donors (Lipinski definition) is 2. The van der Waals surface area contributed by atoms with E-state index in [0.29, 0.717) is 10.6 Å². The summed E-state index contributed by atoms with van der Waals surface area (Å²) >= 11 is 1.40. The van der Waals surface area contributed by atoms with E-state index in [-0.39, 0.29) is 5.75 Å². The lowest BCUT2D eigenvalue weighted by Gasteiger charge is -2.01. The second kappa shape index (κ2) is 4.88. The zero-order valence-electron chi connectivity index (χ0n) is 8.83. The van der Waals surface area contributed by atoms with E-state index in [1.54, 1.807) is 36.4 Å². The number of phenolic OH excluding ortho intramolecular Hbond substituents is 1. The van der Waals surface area contributed by atoms with E-state index in [9.17, 15) is 10.0 Å². The van der Waals surface area contributed by atoms with Crippen LogP contribution in [0.5, 0.6) is 5.75 Å². The fourth-order valence-electron chi connectivity index (χ4n) is 1.31. The van der Waals surface area contributed by atoms with Crippen LogP contribution < -0.4 is 5.84 Å². The number of rotatable bonds is 3. The zero-order valence-corrected chi connectivity index (χ0v) is 9.65. The molecule has 0 bridgehead atoms. The quantitative estimate of drug-likeness (QED) is 0.496. The van der Waals surface area contributed by atoms with E-state index < -0.39 is 0 Å². The Morgan fingerprint density at radius 2 is 1.94 bits per heavy atom. The van der Waals surface area contributed by atoms with E-state index in [0.717, 1.165) is 9.79 Å². The Hall–Kier alpha value is -2.01. The zero-order chi connectivity index (χ0) is 12.3. The third-order valence-corrected chi connectivity index (χ3v) is 3.18. The molecule has 0 aliphatic heterocycles. The lowest BCUT2D eigenvalue weighted by Crippen LogP contribution is -2.09. The molecule has 2 rings (SSSR count). The van der Waals surface area contributed by atoms with Crippen LogP contribution in [-0.2, 0) is 0 Å². The van der Waals surface area contributed by atoms with Crippen molar-refractivity contribution < 1.29 is 9.98 Å². The highest BCUT2D eigenvalue weighted by Crippen LogP contribution is 2.34. The number of benzene rings is 2. The Morgan fingerprint density at radius 3 is 2.59 bits per heavy atom. The second-order valence-electron chi connectivity index (χ2n) is 3.32. The summed E-state index contributed by atoms with van der Waals surface area (Å²) in [5.74, 6) is 5.41. The van der Waals surface area contributed by atoms with Crippen molar-refractivity contribution in [1.29, 1.82) is 0 Å². The first-order chi connectivity index (χ1) is 8.16. The third-order valence-electron chi connectivity index (χ3n) is 2.11. The van der Waals surface area contributed by atoms with E-state index in [2.05, 4.69) is 6.07 Å². The van der Waals surface area contributed by atoms with Crippen molar-refractivity contribution in [3.63, 3.8) is 0 Å². The first-order valence-electron chi connectivity index (χ1n) is 4.86. The van der Waals surface area contributed by atoms with Gasteiger partial charge in [0.25, 0.3) is 0 Å². The minimum absolute atomic E-state index is 0.209. The molecule has 2 aromatic rings. The summed E-state index contributed by atoms with van der Waals surface area (Å²) in [5.41, 5.74) is 0.366. The van der Waals surface area contributed by atoms with Crippen LogP contribution in [0, 0.1) is 11.0 Å². The monoisotopic (exact) mass is 246 g/mol. The van der Waals surface area contributed by atoms with Gasteiger partial charge in [-0.2, -0.15) is 5.84 Å². The van der Waals surface area contributed by atoms with Gasteiger partial charge in [0.15, 0.2) is 4.87 Å². The van der Waals surface area contributed by atoms with Crippen LogP contribution in [0.15, 0.2) is 52.3 Å². The van der Waals surface area contributed by atoms with Gasteiger partial charge in [0, 0.05) is 11.0 Å². The summed E-state index contributed by atoms with van der Waals surface area (Å²) in [5, 5.41) is 9.17. The Bertz CT molecular complexity index is 540. The average molecular weight is 246 g/mol. The van der Waals surface area contributed by atoms with Crippen LogP contribution in [0.1, 0.15) is 0 Å². The van der Waals surface area contributed by atoms with E-state index in [1.165, 1.54) is 17.8 Å². The van der Waals surface area contributed by atoms with Gasteiger partial charge >= 0.3 is 5.69 Å². The standard InChI is InChI=1S/C12H9N2O2S/c13-14(16)11-3-1-2-4-12(11)17-10-7-5-9(15)6-8-10/h2-8H,(H2-,13,15,16)/p+1. The Kier molecular flexibility index (Phi) is 3.30. The van der Waals surface area contributed by atoms with Crippen LogP contribution in [0.25, 0.3) is 0 Å². The molecule has 1 radical (unpaired) electrons. The summed E-state index contributed by atoms with van der Waals surface area (Å²) < 4.78 is 0. The SMILES string of the molecule is N[N+](=O)c1c[c]ccc1Sc1ccc(O)cc1. The fourth-order valence-corrected chi connectivity index (χ4v) is 2.22. The highest BCUT2D eigenvalue weighted by Gasteiger charge is 2.15. The lowest BCUT2D eigenvalue weighted by atomic mass is 10.3. The molecule has 0 aromatic heterocycles. The van der Waals surface area contributed by atoms with Gasteiger partial charge in [0.2, 0.25) is 0 Å². The molecule has 17 heavy (non-hydrogen) atoms. The highest BCUT2D eigenvalue weighted by atomic mass is 32.2. The third kappa shape index (κ3) is 2.76. The Labute approximate surface area is 103 Å². The van der Waals surface area contributed by atoms with Crippen LogP contribution >= 0.6 is 11.8 Å². The largest absolute Gasteiger partial charge is 0.508 e. The molecule has 0 saturated carbocycles. The molecule has 3 N–H and O–H groups in total. The van der Waals surface area contributed by atoms with Crippen molar-refractivity contribution in [2.45, 2.75) is 9.79 Å². The molecule has 0 aliphatic rings. The number of aromatic hydroxyl groups is 1. The normalized spacial score (nSPS) is 10.1. The molecule has 0 saturated heterocycles. The fraction of sp³-hybridized carbons (Fsp3) is 0. The number of nitroso groups, excluding NO2 is 1. The molecule has 0 aliphatic carbocycles. The maximum absolute atomic E-state index is 11.1. The minimum Gasteiger partial charge on any atom is -0.508 e. The Morgan fingerprint density at radius 1 is 1.24 bits per heavy atom. The van der Waals surface area contributed by atoms with E-state index >= 15 is 0 Å². The molecule has 0 fully saturated rings. The van der Waals surface area contributed by atoms with Crippen LogP contribution in [0.3, 0.4) is 0 Å². The molecule has 5 heteroatoms. The van der Waals surface area contributed by atoms with Gasteiger partial charge in [0.05, 0.1) is 9.80 Å². The van der Waals surface area contributed by atoms with Crippen molar-refractivity contribution in [3.05, 3.63) is 53.4 Å². The summed E-state index contributed by atoms with van der Waals surface area (Å²) in [6.07, 6.45) is 0. The van der Waals surface area contributed by atoms with E-state index in [1.807, 2.05) is 0 Å². The van der Waals surface area contributed by atoms with Gasteiger partial charge in [-0.3, -0.25) is 0 Å². The number of hydrogen-bond acceptors (Lipinski definition) is 3. The predicted molar refractivity (Wildman–Crippen MR) is 65.0 cm³/mol. The molecule has 0 unspecified atom stereocenters. The van der Waals surface area contributed by atoms with Gasteiger partial charge < -0.3 is 5.11 Å². The van der Waals surface area contributed by atoms with Crippen LogP contribution in [0.2, 0.25) is 0 Å². The van der Waals surface area contributed by atoms with Crippen molar-refractivity contribution >= 4 is 17.4 Å². The van der Waals surface area contributed by atoms with Crippen molar-refractivity contribution in [2.24, 2.45) is 5.84 Å². The number of nitrogens with two attached hydrogens (primary N) is 1. The van der Waals surface area contributed by atoms with Gasteiger partial charge in [-0.1, -0.05) is 17.8 Å². The first-order valence-corrected chi connectivity index (χ1v) is 5.67. The van der Waals surface area contributed by atoms with Crippen LogP contribution in [-0.4, -0.2) is 9.98 Å². The molecule has 0 amide bonds. The second-order valence-corrected chi connectivity index (χ2v) is 4.43. The number of phenols is 1. The molecule has 2 aromatic carbocycles. The van der Waals surface area contributed by atoms with Gasteiger partial charge in [-0.05, 0) is 36.4 Å². The van der Waals surface area contributed by atoms with Gasteiger partial charge in [-0.25, -0.2) is 0 Å². The van der Waals surface area contributed by atoms with Crippen LogP contribution in [0.4, 0.5) is 5.69 Å². The molecule has 85 valence electrons. The number of nitrogens with zero attached hydrogens (tertiary/aromatic N) is 1. The van der Waals surface area contributed by atoms with Gasteiger partial charge in [-0.15, -0.1) is 0 Å². The molecule has 0 heterocycles. The number of hydrazine groups is 1. The predicted octanol–water partition coefficient (Wildman–Crippen LogP) is 2.63. The highest BCUT2D eigenvalue weighted by molar-refractivity contribution is 7.99. The van der Waals surface area contributed by atoms with E-state index in [4.69, 9.17) is 5.84 Å². The molecular formula is C12H10N2O2S+. The van der Waals surface area contributed by atoms with Gasteiger partial charge in [0.1, 0.15) is 5.75 Å². The summed E-state index contributed by atoms with van der Waals surface area (Å²) in [7, 11) is 0. The maximum Gasteiger partial charge on any atom is 0.306 e. The first kappa shape index (κ1) is 11.5. The van der Waals surface area contributed by atoms with Crippen molar-refractivity contribution in [2.75, 3.05) is 0 Å². The summed E-state index contributed by atoms with van der Waals surface area (Å²) in [6, 6.07) is 14.6. The minimum atomic E-state index is 0.209. The molecule has 0 atom stereocenters. The molecule has 4 nitrogen and oxygen atoms in total. The summed E-state index contributed by atoms with van der Waals surface area (Å²) in [4.78, 5) is 13.1. The topological polar surface area (TPSA) is 66.3 Å². The van der Waals surface area contributed by atoms with Crippen molar-refractivity contribution in [1.82, 2.24) is 0 Å². The molecular weight excluding hydrogens is 236 g/mol. The molecule has 0 spiro atoms. The van der Waals surface area contributed by atoms with Crippen molar-refractivity contribution in [3.8, 4) is 5.75 Å².